The zero-order valence-corrected chi connectivity index (χ0v) is 15.3. The van der Waals surface area contributed by atoms with Gasteiger partial charge >= 0.3 is 0 Å². The van der Waals surface area contributed by atoms with Gasteiger partial charge in [0.25, 0.3) is 0 Å². The smallest absolute Gasteiger partial charge is 0.196 e. The molecule has 3 rings (SSSR count). The van der Waals surface area contributed by atoms with E-state index in [1.165, 1.54) is 0 Å². The highest BCUT2D eigenvalue weighted by atomic mass is 35.5. The Labute approximate surface area is 150 Å². The van der Waals surface area contributed by atoms with Gasteiger partial charge in [-0.3, -0.25) is 4.57 Å². The Kier molecular flexibility index (Phi) is 5.11. The maximum Gasteiger partial charge on any atom is 0.196 e. The van der Waals surface area contributed by atoms with Crippen LogP contribution in [-0.4, -0.2) is 27.1 Å². The lowest BCUT2D eigenvalue weighted by Crippen LogP contribution is -2.01. The van der Waals surface area contributed by atoms with Crippen molar-refractivity contribution in [2.45, 2.75) is 24.3 Å². The SMILES string of the molecule is COc1ccc(-n2c(SC(C)C)nnc2-c2ccccc2Cl)cc1. The van der Waals surface area contributed by atoms with Crippen LogP contribution in [0.5, 0.6) is 5.75 Å². The number of benzene rings is 2. The zero-order chi connectivity index (χ0) is 17.1. The van der Waals surface area contributed by atoms with Crippen molar-refractivity contribution < 1.29 is 4.74 Å². The summed E-state index contributed by atoms with van der Waals surface area (Å²) in [6.45, 7) is 4.26. The Morgan fingerprint density at radius 1 is 1.04 bits per heavy atom. The molecule has 0 fully saturated rings. The van der Waals surface area contributed by atoms with Gasteiger partial charge in [0.05, 0.1) is 12.1 Å². The molecule has 0 spiro atoms. The first-order valence-corrected chi connectivity index (χ1v) is 8.87. The summed E-state index contributed by atoms with van der Waals surface area (Å²) in [4.78, 5) is 0. The summed E-state index contributed by atoms with van der Waals surface area (Å²) in [6, 6.07) is 15.5. The second-order valence-electron chi connectivity index (χ2n) is 5.49. The number of methoxy groups -OCH3 is 1. The molecule has 0 aliphatic carbocycles. The fourth-order valence-electron chi connectivity index (χ4n) is 2.34. The van der Waals surface area contributed by atoms with Gasteiger partial charge in [-0.15, -0.1) is 10.2 Å². The van der Waals surface area contributed by atoms with Crippen LogP contribution in [0.2, 0.25) is 5.02 Å². The molecule has 0 atom stereocenters. The largest absolute Gasteiger partial charge is 0.497 e. The average molecular weight is 360 g/mol. The van der Waals surface area contributed by atoms with Crippen molar-refractivity contribution in [2.75, 3.05) is 7.11 Å². The predicted molar refractivity (Wildman–Crippen MR) is 99.4 cm³/mol. The number of nitrogens with zero attached hydrogens (tertiary/aromatic N) is 3. The molecule has 3 aromatic rings. The Hall–Kier alpha value is -1.98. The number of ether oxygens (including phenoxy) is 1. The highest BCUT2D eigenvalue weighted by Crippen LogP contribution is 2.33. The molecule has 0 aliphatic rings. The average Bonchev–Trinajstić information content (AvgIpc) is 2.98. The van der Waals surface area contributed by atoms with Crippen LogP contribution in [0.1, 0.15) is 13.8 Å². The van der Waals surface area contributed by atoms with E-state index < -0.39 is 0 Å². The van der Waals surface area contributed by atoms with E-state index in [0.717, 1.165) is 28.0 Å². The first-order valence-electron chi connectivity index (χ1n) is 7.61. The van der Waals surface area contributed by atoms with Crippen molar-refractivity contribution in [2.24, 2.45) is 0 Å². The number of aromatic nitrogens is 3. The van der Waals surface area contributed by atoms with Crippen LogP contribution in [0.15, 0.2) is 53.7 Å². The molecule has 0 aliphatic heterocycles. The van der Waals surface area contributed by atoms with Crippen LogP contribution in [0.25, 0.3) is 17.1 Å². The normalized spacial score (nSPS) is 11.0. The molecule has 0 bridgehead atoms. The Morgan fingerprint density at radius 2 is 1.75 bits per heavy atom. The summed E-state index contributed by atoms with van der Waals surface area (Å²) in [5, 5.41) is 10.7. The summed E-state index contributed by atoms with van der Waals surface area (Å²) in [5.41, 5.74) is 1.83. The molecule has 0 N–H and O–H groups in total. The maximum absolute atomic E-state index is 6.37. The van der Waals surface area contributed by atoms with Gasteiger partial charge in [0.15, 0.2) is 11.0 Å². The standard InChI is InChI=1S/C18H18ClN3OS/c1-12(2)24-18-21-20-17(15-6-4-5-7-16(15)19)22(18)13-8-10-14(23-3)11-9-13/h4-12H,1-3H3. The molecule has 1 aromatic heterocycles. The van der Waals surface area contributed by atoms with Crippen molar-refractivity contribution >= 4 is 23.4 Å². The summed E-state index contributed by atoms with van der Waals surface area (Å²) >= 11 is 8.04. The van der Waals surface area contributed by atoms with Crippen molar-refractivity contribution in [3.05, 3.63) is 53.6 Å². The lowest BCUT2D eigenvalue weighted by atomic mass is 10.2. The quantitative estimate of drug-likeness (QED) is 0.594. The molecule has 0 amide bonds. The molecule has 0 radical (unpaired) electrons. The van der Waals surface area contributed by atoms with Gasteiger partial charge in [-0.1, -0.05) is 49.3 Å². The van der Waals surface area contributed by atoms with E-state index in [4.69, 9.17) is 16.3 Å². The Bertz CT molecular complexity index is 831. The van der Waals surface area contributed by atoms with Crippen molar-refractivity contribution in [1.82, 2.24) is 14.8 Å². The number of halogens is 1. The molecule has 24 heavy (non-hydrogen) atoms. The van der Waals surface area contributed by atoms with Crippen molar-refractivity contribution in [1.29, 1.82) is 0 Å². The van der Waals surface area contributed by atoms with Crippen LogP contribution in [-0.2, 0) is 0 Å². The van der Waals surface area contributed by atoms with Gasteiger partial charge in [0, 0.05) is 16.5 Å². The highest BCUT2D eigenvalue weighted by Gasteiger charge is 2.18. The lowest BCUT2D eigenvalue weighted by Gasteiger charge is -2.12. The van der Waals surface area contributed by atoms with Crippen LogP contribution >= 0.6 is 23.4 Å². The Balaban J connectivity index is 2.16. The first-order chi connectivity index (χ1) is 11.6. The number of thioether (sulfide) groups is 1. The minimum absolute atomic E-state index is 0.394. The number of rotatable bonds is 5. The summed E-state index contributed by atoms with van der Waals surface area (Å²) in [7, 11) is 1.66. The Morgan fingerprint density at radius 3 is 2.38 bits per heavy atom. The van der Waals surface area contributed by atoms with Gasteiger partial charge in [-0.2, -0.15) is 0 Å². The number of hydrogen-bond acceptors (Lipinski definition) is 4. The molecular weight excluding hydrogens is 342 g/mol. The molecule has 0 unspecified atom stereocenters. The van der Waals surface area contributed by atoms with Crippen LogP contribution in [0, 0.1) is 0 Å². The summed E-state index contributed by atoms with van der Waals surface area (Å²) in [5.74, 6) is 1.54. The second kappa shape index (κ2) is 7.28. The molecular formula is C18H18ClN3OS. The van der Waals surface area contributed by atoms with Crippen molar-refractivity contribution in [3.8, 4) is 22.8 Å². The lowest BCUT2D eigenvalue weighted by molar-refractivity contribution is 0.414. The molecule has 2 aromatic carbocycles. The van der Waals surface area contributed by atoms with Crippen LogP contribution in [0.4, 0.5) is 0 Å². The fourth-order valence-corrected chi connectivity index (χ4v) is 3.37. The molecule has 6 heteroatoms. The van der Waals surface area contributed by atoms with Gasteiger partial charge in [-0.05, 0) is 36.4 Å². The third-order valence-electron chi connectivity index (χ3n) is 3.42. The molecule has 4 nitrogen and oxygen atoms in total. The summed E-state index contributed by atoms with van der Waals surface area (Å²) in [6.07, 6.45) is 0. The second-order valence-corrected chi connectivity index (χ2v) is 7.44. The topological polar surface area (TPSA) is 39.9 Å². The monoisotopic (exact) mass is 359 g/mol. The van der Waals surface area contributed by atoms with E-state index in [1.54, 1.807) is 18.9 Å². The minimum atomic E-state index is 0.394. The van der Waals surface area contributed by atoms with Crippen LogP contribution < -0.4 is 4.74 Å². The highest BCUT2D eigenvalue weighted by molar-refractivity contribution is 7.99. The van der Waals surface area contributed by atoms with E-state index >= 15 is 0 Å². The fraction of sp³-hybridized carbons (Fsp3) is 0.222. The molecule has 1 heterocycles. The van der Waals surface area contributed by atoms with E-state index in [9.17, 15) is 0 Å². The third kappa shape index (κ3) is 3.42. The van der Waals surface area contributed by atoms with E-state index in [2.05, 4.69) is 24.0 Å². The van der Waals surface area contributed by atoms with E-state index in [1.807, 2.05) is 53.1 Å². The molecule has 124 valence electrons. The van der Waals surface area contributed by atoms with E-state index in [-0.39, 0.29) is 0 Å². The molecule has 0 saturated heterocycles. The number of hydrogen-bond donors (Lipinski definition) is 0. The van der Waals surface area contributed by atoms with E-state index in [0.29, 0.717) is 10.3 Å². The summed E-state index contributed by atoms with van der Waals surface area (Å²) < 4.78 is 7.28. The zero-order valence-electron chi connectivity index (χ0n) is 13.7. The first kappa shape index (κ1) is 16.9. The predicted octanol–water partition coefficient (Wildman–Crippen LogP) is 5.10. The van der Waals surface area contributed by atoms with Crippen molar-refractivity contribution in [3.63, 3.8) is 0 Å². The van der Waals surface area contributed by atoms with Gasteiger partial charge < -0.3 is 4.74 Å². The third-order valence-corrected chi connectivity index (χ3v) is 4.70. The maximum atomic E-state index is 6.37. The van der Waals surface area contributed by atoms with Gasteiger partial charge in [0.2, 0.25) is 0 Å². The van der Waals surface area contributed by atoms with Gasteiger partial charge in [-0.25, -0.2) is 0 Å². The van der Waals surface area contributed by atoms with Gasteiger partial charge in [0.1, 0.15) is 5.75 Å². The molecule has 0 saturated carbocycles. The van der Waals surface area contributed by atoms with Crippen LogP contribution in [0.3, 0.4) is 0 Å². The minimum Gasteiger partial charge on any atom is -0.497 e.